The van der Waals surface area contributed by atoms with Gasteiger partial charge in [-0.1, -0.05) is 15.9 Å². The smallest absolute Gasteiger partial charge is 0.417 e. The zero-order valence-corrected chi connectivity index (χ0v) is 18.4. The molecule has 0 bridgehead atoms. The molecule has 0 aromatic heterocycles. The van der Waals surface area contributed by atoms with Gasteiger partial charge in [-0.2, -0.15) is 18.4 Å². The number of benzene rings is 1. The van der Waals surface area contributed by atoms with E-state index in [1.54, 1.807) is 0 Å². The molecule has 0 radical (unpaired) electrons. The number of hydrogen-bond acceptors (Lipinski definition) is 6. The second kappa shape index (κ2) is 8.43. The number of ether oxygens (including phenoxy) is 1. The number of carbonyl (C=O) groups excluding carboxylic acids is 2. The minimum atomic E-state index is -4.90. The number of alkyl halides is 3. The van der Waals surface area contributed by atoms with Gasteiger partial charge in [0, 0.05) is 16.3 Å². The molecule has 1 amide bonds. The van der Waals surface area contributed by atoms with Gasteiger partial charge in [0.05, 0.1) is 28.4 Å². The first-order chi connectivity index (χ1) is 14.4. The minimum absolute atomic E-state index is 0.0749. The van der Waals surface area contributed by atoms with Crippen LogP contribution in [0.25, 0.3) is 0 Å². The van der Waals surface area contributed by atoms with Crippen LogP contribution >= 0.6 is 15.9 Å². The number of nitriles is 1. The molecule has 0 spiro atoms. The first kappa shape index (κ1) is 23.5. The molecule has 3 rings (SSSR count). The van der Waals surface area contributed by atoms with Crippen LogP contribution in [0.2, 0.25) is 0 Å². The Labute approximate surface area is 185 Å². The van der Waals surface area contributed by atoms with E-state index in [0.717, 1.165) is 6.07 Å². The van der Waals surface area contributed by atoms with Crippen LogP contribution in [0, 0.1) is 23.2 Å². The summed E-state index contributed by atoms with van der Waals surface area (Å²) in [5, 5.41) is 10.5. The largest absolute Gasteiger partial charge is 0.468 e. The van der Waals surface area contributed by atoms with Crippen molar-refractivity contribution in [3.05, 3.63) is 28.2 Å². The molecule has 1 N–H and O–H groups in total. The molecule has 1 aromatic rings. The highest BCUT2D eigenvalue weighted by molar-refractivity contribution is 9.10. The van der Waals surface area contributed by atoms with Gasteiger partial charge in [-0.3, -0.25) is 9.59 Å². The lowest BCUT2D eigenvalue weighted by Gasteiger charge is -2.19. The van der Waals surface area contributed by atoms with Crippen LogP contribution in [0.4, 0.5) is 13.2 Å². The topological polar surface area (TPSA) is 113 Å². The predicted molar refractivity (Wildman–Crippen MR) is 104 cm³/mol. The highest BCUT2D eigenvalue weighted by Crippen LogP contribution is 2.43. The number of amides is 1. The fourth-order valence-corrected chi connectivity index (χ4v) is 6.29. The molecule has 3 atom stereocenters. The van der Waals surface area contributed by atoms with Crippen molar-refractivity contribution < 1.29 is 35.9 Å². The van der Waals surface area contributed by atoms with Crippen molar-refractivity contribution in [1.29, 1.82) is 5.26 Å². The van der Waals surface area contributed by atoms with Gasteiger partial charge < -0.3 is 10.1 Å². The van der Waals surface area contributed by atoms with E-state index in [2.05, 4.69) is 21.2 Å². The molecule has 12 heteroatoms. The summed E-state index contributed by atoms with van der Waals surface area (Å²) in [5.74, 6) is -2.19. The molecule has 0 unspecified atom stereocenters. The van der Waals surface area contributed by atoms with E-state index in [4.69, 9.17) is 4.74 Å². The molecular formula is C19H18BrF3N2O5S. The van der Waals surface area contributed by atoms with E-state index < -0.39 is 55.0 Å². The van der Waals surface area contributed by atoms with Crippen LogP contribution in [0.15, 0.2) is 27.6 Å². The van der Waals surface area contributed by atoms with Crippen molar-refractivity contribution in [2.24, 2.45) is 11.8 Å². The molecule has 7 nitrogen and oxygen atoms in total. The van der Waals surface area contributed by atoms with Crippen molar-refractivity contribution in [3.8, 4) is 6.07 Å². The van der Waals surface area contributed by atoms with E-state index in [1.807, 2.05) is 6.07 Å². The van der Waals surface area contributed by atoms with Gasteiger partial charge >= 0.3 is 6.18 Å². The standard InChI is InChI=1S/C19H18BrF3N2O5S/c20-12-1-2-16(15(6-12)19(21,22)23)31(28,29)13-5-11(8-30-10-26)14(7-13)17(27)25-18(9-24)3-4-18/h1-2,6,10-11,13-14H,3-5,7-8H2,(H,25,27)/t11-,13-,14+/m0/s1. The third kappa shape index (κ3) is 4.87. The summed E-state index contributed by atoms with van der Waals surface area (Å²) < 4.78 is 71.5. The Hall–Kier alpha value is -2.13. The lowest BCUT2D eigenvalue weighted by atomic mass is 9.95. The molecule has 2 aliphatic rings. The quantitative estimate of drug-likeness (QED) is 0.550. The lowest BCUT2D eigenvalue weighted by molar-refractivity contribution is -0.140. The highest BCUT2D eigenvalue weighted by Gasteiger charge is 2.51. The summed E-state index contributed by atoms with van der Waals surface area (Å²) in [6, 6.07) is 4.79. The summed E-state index contributed by atoms with van der Waals surface area (Å²) >= 11 is 2.92. The van der Waals surface area contributed by atoms with Gasteiger partial charge in [0.2, 0.25) is 5.91 Å². The predicted octanol–water partition coefficient (Wildman–Crippen LogP) is 2.98. The van der Waals surface area contributed by atoms with E-state index in [-0.39, 0.29) is 30.4 Å². The third-order valence-corrected chi connectivity index (χ3v) is 8.41. The summed E-state index contributed by atoms with van der Waals surface area (Å²) in [6.07, 6.45) is -4.36. The Bertz CT molecular complexity index is 1030. The highest BCUT2D eigenvalue weighted by atomic mass is 79.9. The number of sulfone groups is 1. The van der Waals surface area contributed by atoms with Gasteiger partial charge in [-0.15, -0.1) is 0 Å². The minimum Gasteiger partial charge on any atom is -0.468 e. The van der Waals surface area contributed by atoms with Gasteiger partial charge in [-0.05, 0) is 43.9 Å². The van der Waals surface area contributed by atoms with Crippen molar-refractivity contribution in [3.63, 3.8) is 0 Å². The molecule has 31 heavy (non-hydrogen) atoms. The number of carbonyl (C=O) groups is 2. The molecule has 0 heterocycles. The Morgan fingerprint density at radius 2 is 2.03 bits per heavy atom. The van der Waals surface area contributed by atoms with Crippen LogP contribution in [-0.4, -0.2) is 38.2 Å². The average molecular weight is 523 g/mol. The van der Waals surface area contributed by atoms with E-state index in [0.29, 0.717) is 18.9 Å². The fourth-order valence-electron chi connectivity index (χ4n) is 3.87. The summed E-state index contributed by atoms with van der Waals surface area (Å²) in [4.78, 5) is 22.5. The number of hydrogen-bond donors (Lipinski definition) is 1. The molecule has 2 fully saturated rings. The van der Waals surface area contributed by atoms with Crippen molar-refractivity contribution >= 4 is 38.1 Å². The second-order valence-corrected chi connectivity index (χ2v) is 10.9. The van der Waals surface area contributed by atoms with Crippen molar-refractivity contribution in [1.82, 2.24) is 5.32 Å². The first-order valence-electron chi connectivity index (χ1n) is 9.33. The second-order valence-electron chi connectivity index (χ2n) is 7.76. The maximum atomic E-state index is 13.5. The van der Waals surface area contributed by atoms with Crippen molar-refractivity contribution in [2.45, 2.75) is 47.5 Å². The maximum absolute atomic E-state index is 13.5. The molecule has 168 valence electrons. The monoisotopic (exact) mass is 522 g/mol. The zero-order chi connectivity index (χ0) is 23.0. The lowest BCUT2D eigenvalue weighted by Crippen LogP contribution is -2.41. The van der Waals surface area contributed by atoms with Crippen LogP contribution in [0.1, 0.15) is 31.2 Å². The molecule has 2 saturated carbocycles. The molecule has 1 aromatic carbocycles. The number of halogens is 4. The van der Waals surface area contributed by atoms with E-state index in [1.165, 1.54) is 6.07 Å². The maximum Gasteiger partial charge on any atom is 0.417 e. The van der Waals surface area contributed by atoms with Crippen LogP contribution < -0.4 is 5.32 Å². The van der Waals surface area contributed by atoms with Crippen LogP contribution in [0.3, 0.4) is 0 Å². The summed E-state index contributed by atoms with van der Waals surface area (Å²) in [7, 11) is -4.46. The molecule has 0 aliphatic heterocycles. The van der Waals surface area contributed by atoms with Gasteiger partial charge in [0.15, 0.2) is 9.84 Å². The average Bonchev–Trinajstić information content (AvgIpc) is 3.32. The summed E-state index contributed by atoms with van der Waals surface area (Å²) in [5.41, 5.74) is -2.28. The number of nitrogens with one attached hydrogen (secondary N) is 1. The van der Waals surface area contributed by atoms with E-state index in [9.17, 15) is 36.4 Å². The Balaban J connectivity index is 1.91. The first-order valence-corrected chi connectivity index (χ1v) is 11.7. The van der Waals surface area contributed by atoms with Gasteiger partial charge in [-0.25, -0.2) is 8.42 Å². The van der Waals surface area contributed by atoms with Crippen molar-refractivity contribution in [2.75, 3.05) is 6.61 Å². The molecule has 0 saturated heterocycles. The van der Waals surface area contributed by atoms with E-state index >= 15 is 0 Å². The zero-order valence-electron chi connectivity index (χ0n) is 16.0. The van der Waals surface area contributed by atoms with Gasteiger partial charge in [0.1, 0.15) is 5.54 Å². The Morgan fingerprint density at radius 1 is 1.35 bits per heavy atom. The summed E-state index contributed by atoms with van der Waals surface area (Å²) in [6.45, 7) is -0.0927. The fraction of sp³-hybridized carbons (Fsp3) is 0.526. The normalized spacial score (nSPS) is 24.8. The van der Waals surface area contributed by atoms with Gasteiger partial charge in [0.25, 0.3) is 6.47 Å². The molecular weight excluding hydrogens is 505 g/mol. The SMILES string of the molecule is N#CC1(NC(=O)[C@@H]2C[C@@H](S(=O)(=O)c3ccc(Br)cc3C(F)(F)F)C[C@H]2COC=O)CC1. The molecule has 2 aliphatic carbocycles. The number of rotatable bonds is 7. The number of nitrogens with zero attached hydrogens (tertiary/aromatic N) is 1. The van der Waals surface area contributed by atoms with Crippen LogP contribution in [0.5, 0.6) is 0 Å². The Morgan fingerprint density at radius 3 is 2.58 bits per heavy atom. The van der Waals surface area contributed by atoms with Crippen LogP contribution in [-0.2, 0) is 30.3 Å². The Kier molecular flexibility index (Phi) is 6.40. The third-order valence-electron chi connectivity index (χ3n) is 5.69.